The molecule has 0 saturated heterocycles. The average molecular weight is 454 g/mol. The van der Waals surface area contributed by atoms with Gasteiger partial charge in [-0.3, -0.25) is 14.4 Å². The molecule has 1 amide bonds. The Morgan fingerprint density at radius 2 is 1.75 bits per heavy atom. The van der Waals surface area contributed by atoms with Gasteiger partial charge < -0.3 is 10.1 Å². The van der Waals surface area contributed by atoms with Crippen LogP contribution in [0.4, 0.5) is 5.69 Å². The zero-order chi connectivity index (χ0) is 23.4. The summed E-state index contributed by atoms with van der Waals surface area (Å²) < 4.78 is 6.57. The van der Waals surface area contributed by atoms with Gasteiger partial charge in [-0.15, -0.1) is 0 Å². The topological polar surface area (TPSA) is 107 Å². The van der Waals surface area contributed by atoms with Crippen LogP contribution in [0.5, 0.6) is 0 Å². The zero-order valence-electron chi connectivity index (χ0n) is 17.6. The molecular weight excluding hydrogens is 434 g/mol. The van der Waals surface area contributed by atoms with Crippen LogP contribution < -0.4 is 10.7 Å². The standard InChI is InChI=1S/C23H20ClN3O5/c1-13-12-20(29)21(26-27(13)17-10-8-16(24)9-11-17)23(31)32-15(3)22(30)25-19-7-5-4-6-18(19)14(2)28/h4-12,15H,1-3H3,(H,25,30). The number of halogens is 1. The van der Waals surface area contributed by atoms with Gasteiger partial charge in [0.15, 0.2) is 11.9 Å². The first-order valence-electron chi connectivity index (χ1n) is 9.66. The molecule has 1 N–H and O–H groups in total. The van der Waals surface area contributed by atoms with E-state index in [2.05, 4.69) is 10.4 Å². The van der Waals surface area contributed by atoms with Crippen molar-refractivity contribution in [3.63, 3.8) is 0 Å². The van der Waals surface area contributed by atoms with Crippen LogP contribution in [-0.2, 0) is 9.53 Å². The molecule has 0 bridgehead atoms. The number of aryl methyl sites for hydroxylation is 1. The van der Waals surface area contributed by atoms with Crippen molar-refractivity contribution in [3.8, 4) is 5.69 Å². The normalized spacial score (nSPS) is 11.5. The number of Topliss-reactive ketones (excluding diaryl/α,β-unsaturated/α-hetero) is 1. The third-order valence-electron chi connectivity index (χ3n) is 4.59. The van der Waals surface area contributed by atoms with Crippen molar-refractivity contribution in [2.75, 3.05) is 5.32 Å². The average Bonchev–Trinajstić information content (AvgIpc) is 2.74. The van der Waals surface area contributed by atoms with Crippen molar-refractivity contribution in [1.29, 1.82) is 0 Å². The highest BCUT2D eigenvalue weighted by Gasteiger charge is 2.24. The summed E-state index contributed by atoms with van der Waals surface area (Å²) in [5, 5.41) is 7.20. The molecule has 3 aromatic rings. The van der Waals surface area contributed by atoms with E-state index >= 15 is 0 Å². The molecule has 3 rings (SSSR count). The van der Waals surface area contributed by atoms with Crippen LogP contribution in [0.2, 0.25) is 5.02 Å². The van der Waals surface area contributed by atoms with Gasteiger partial charge >= 0.3 is 5.97 Å². The van der Waals surface area contributed by atoms with Crippen molar-refractivity contribution < 1.29 is 19.1 Å². The first kappa shape index (κ1) is 22.9. The van der Waals surface area contributed by atoms with Crippen LogP contribution in [0, 0.1) is 6.92 Å². The first-order valence-corrected chi connectivity index (χ1v) is 10.0. The number of anilines is 1. The molecule has 0 aliphatic heterocycles. The van der Waals surface area contributed by atoms with Crippen molar-refractivity contribution >= 4 is 34.9 Å². The summed E-state index contributed by atoms with van der Waals surface area (Å²) in [6.07, 6.45) is -1.24. The Morgan fingerprint density at radius 3 is 2.41 bits per heavy atom. The minimum atomic E-state index is -1.24. The largest absolute Gasteiger partial charge is 0.448 e. The summed E-state index contributed by atoms with van der Waals surface area (Å²) >= 11 is 5.91. The number of amides is 1. The number of esters is 1. The third-order valence-corrected chi connectivity index (χ3v) is 4.84. The fraction of sp³-hybridized carbons (Fsp3) is 0.174. The lowest BCUT2D eigenvalue weighted by Gasteiger charge is -2.15. The number of hydrogen-bond acceptors (Lipinski definition) is 6. The maximum Gasteiger partial charge on any atom is 0.363 e. The number of carbonyl (C=O) groups excluding carboxylic acids is 3. The number of aromatic nitrogens is 2. The van der Waals surface area contributed by atoms with E-state index in [1.165, 1.54) is 24.6 Å². The lowest BCUT2D eigenvalue weighted by atomic mass is 10.1. The van der Waals surface area contributed by atoms with E-state index in [0.29, 0.717) is 27.7 Å². The van der Waals surface area contributed by atoms with Gasteiger partial charge in [0.2, 0.25) is 11.1 Å². The molecule has 0 spiro atoms. The Kier molecular flexibility index (Phi) is 6.85. The first-order chi connectivity index (χ1) is 15.2. The highest BCUT2D eigenvalue weighted by atomic mass is 35.5. The molecule has 1 aromatic heterocycles. The van der Waals surface area contributed by atoms with Crippen LogP contribution >= 0.6 is 11.6 Å². The Morgan fingerprint density at radius 1 is 1.09 bits per heavy atom. The van der Waals surface area contributed by atoms with E-state index in [1.807, 2.05) is 0 Å². The van der Waals surface area contributed by atoms with E-state index in [4.69, 9.17) is 16.3 Å². The van der Waals surface area contributed by atoms with Gasteiger partial charge in [0, 0.05) is 22.3 Å². The third kappa shape index (κ3) is 5.09. The lowest BCUT2D eigenvalue weighted by Crippen LogP contribution is -2.33. The minimum absolute atomic E-state index is 0.225. The predicted molar refractivity (Wildman–Crippen MR) is 120 cm³/mol. The minimum Gasteiger partial charge on any atom is -0.448 e. The van der Waals surface area contributed by atoms with Gasteiger partial charge in [-0.1, -0.05) is 23.7 Å². The molecule has 0 fully saturated rings. The number of para-hydroxylation sites is 1. The van der Waals surface area contributed by atoms with Crippen molar-refractivity contribution in [3.05, 3.63) is 86.8 Å². The molecule has 8 nitrogen and oxygen atoms in total. The second-order valence-electron chi connectivity index (χ2n) is 7.03. The smallest absolute Gasteiger partial charge is 0.363 e. The monoisotopic (exact) mass is 453 g/mol. The van der Waals surface area contributed by atoms with Crippen LogP contribution in [0.3, 0.4) is 0 Å². The molecule has 0 saturated carbocycles. The van der Waals surface area contributed by atoms with E-state index in [9.17, 15) is 19.2 Å². The molecule has 1 heterocycles. The summed E-state index contributed by atoms with van der Waals surface area (Å²) in [5.41, 5.74) is 0.617. The van der Waals surface area contributed by atoms with Crippen molar-refractivity contribution in [2.45, 2.75) is 26.9 Å². The molecule has 32 heavy (non-hydrogen) atoms. The highest BCUT2D eigenvalue weighted by molar-refractivity contribution is 6.30. The molecule has 164 valence electrons. The second-order valence-corrected chi connectivity index (χ2v) is 7.46. The molecular formula is C23H20ClN3O5. The number of rotatable bonds is 6. The Labute approximate surface area is 188 Å². The second kappa shape index (κ2) is 9.57. The maximum atomic E-state index is 12.6. The summed E-state index contributed by atoms with van der Waals surface area (Å²) in [6, 6.07) is 14.4. The Balaban J connectivity index is 1.80. The van der Waals surface area contributed by atoms with Crippen LogP contribution in [0.15, 0.2) is 59.4 Å². The fourth-order valence-corrected chi connectivity index (χ4v) is 3.06. The number of benzene rings is 2. The molecule has 9 heteroatoms. The maximum absolute atomic E-state index is 12.6. The summed E-state index contributed by atoms with van der Waals surface area (Å²) in [4.78, 5) is 49.2. The molecule has 0 aliphatic carbocycles. The number of ketones is 1. The lowest BCUT2D eigenvalue weighted by molar-refractivity contribution is -0.123. The van der Waals surface area contributed by atoms with E-state index in [-0.39, 0.29) is 5.78 Å². The number of ether oxygens (including phenoxy) is 1. The zero-order valence-corrected chi connectivity index (χ0v) is 18.3. The van der Waals surface area contributed by atoms with Gasteiger partial charge in [-0.2, -0.15) is 5.10 Å². The number of nitrogens with one attached hydrogen (secondary N) is 1. The van der Waals surface area contributed by atoms with E-state index in [0.717, 1.165) is 0 Å². The number of carbonyl (C=O) groups is 3. The summed E-state index contributed by atoms with van der Waals surface area (Å²) in [5.74, 6) is -1.92. The molecule has 2 aromatic carbocycles. The Bertz CT molecular complexity index is 1250. The quantitative estimate of drug-likeness (QED) is 0.451. The summed E-state index contributed by atoms with van der Waals surface area (Å²) in [7, 11) is 0. The molecule has 1 atom stereocenters. The van der Waals surface area contributed by atoms with Gasteiger partial charge in [0.25, 0.3) is 5.91 Å². The van der Waals surface area contributed by atoms with Gasteiger partial charge in [0.05, 0.1) is 11.4 Å². The Hall–Kier alpha value is -3.78. The van der Waals surface area contributed by atoms with Crippen molar-refractivity contribution in [2.24, 2.45) is 0 Å². The summed E-state index contributed by atoms with van der Waals surface area (Å²) in [6.45, 7) is 4.40. The molecule has 0 radical (unpaired) electrons. The van der Waals surface area contributed by atoms with Crippen LogP contribution in [0.1, 0.15) is 40.4 Å². The SMILES string of the molecule is CC(=O)c1ccccc1NC(=O)C(C)OC(=O)c1nn(-c2ccc(Cl)cc2)c(C)cc1=O. The van der Waals surface area contributed by atoms with E-state index in [1.54, 1.807) is 55.5 Å². The van der Waals surface area contributed by atoms with Gasteiger partial charge in [0.1, 0.15) is 0 Å². The van der Waals surface area contributed by atoms with Gasteiger partial charge in [-0.05, 0) is 57.2 Å². The highest BCUT2D eigenvalue weighted by Crippen LogP contribution is 2.17. The van der Waals surface area contributed by atoms with Crippen LogP contribution in [-0.4, -0.2) is 33.5 Å². The predicted octanol–water partition coefficient (Wildman–Crippen LogP) is 3.58. The number of nitrogens with zero attached hydrogens (tertiary/aromatic N) is 2. The van der Waals surface area contributed by atoms with E-state index < -0.39 is 29.1 Å². The van der Waals surface area contributed by atoms with Gasteiger partial charge in [-0.25, -0.2) is 9.48 Å². The van der Waals surface area contributed by atoms with Crippen LogP contribution in [0.25, 0.3) is 5.69 Å². The van der Waals surface area contributed by atoms with Crippen molar-refractivity contribution in [1.82, 2.24) is 9.78 Å². The fourth-order valence-electron chi connectivity index (χ4n) is 2.94. The molecule has 0 aliphatic rings. The molecule has 1 unspecified atom stereocenters. The number of hydrogen-bond donors (Lipinski definition) is 1.